The van der Waals surface area contributed by atoms with Crippen LogP contribution < -0.4 is 0 Å². The second-order valence-electron chi connectivity index (χ2n) is 12.4. The molecule has 1 aliphatic carbocycles. The quantitative estimate of drug-likeness (QED) is 0.116. The third-order valence-electron chi connectivity index (χ3n) is 8.94. The van der Waals surface area contributed by atoms with Crippen molar-refractivity contribution in [3.05, 3.63) is 42.5 Å². The Morgan fingerprint density at radius 3 is 1.68 bits per heavy atom. The average molecular weight is 525 g/mol. The van der Waals surface area contributed by atoms with Gasteiger partial charge in [0.15, 0.2) is 0 Å². The summed E-state index contributed by atoms with van der Waals surface area (Å²) >= 11 is 0. The van der Waals surface area contributed by atoms with Gasteiger partial charge in [-0.1, -0.05) is 173 Å². The Kier molecular flexibility index (Phi) is 18.6. The first-order valence-corrected chi connectivity index (χ1v) is 17.1. The van der Waals surface area contributed by atoms with E-state index in [0.29, 0.717) is 6.04 Å². The molecule has 2 nitrogen and oxygen atoms in total. The van der Waals surface area contributed by atoms with Crippen LogP contribution in [0, 0.1) is 0 Å². The Labute approximate surface area is 238 Å². The summed E-state index contributed by atoms with van der Waals surface area (Å²) in [7, 11) is 0. The van der Waals surface area contributed by atoms with Crippen molar-refractivity contribution in [3.8, 4) is 0 Å². The highest BCUT2D eigenvalue weighted by Crippen LogP contribution is 2.38. The topological polar surface area (TPSA) is 17.8 Å². The van der Waals surface area contributed by atoms with Crippen LogP contribution in [0.15, 0.2) is 36.7 Å². The Morgan fingerprint density at radius 1 is 0.684 bits per heavy atom. The number of hydrogen-bond donors (Lipinski definition) is 0. The van der Waals surface area contributed by atoms with Crippen molar-refractivity contribution in [2.45, 2.75) is 186 Å². The van der Waals surface area contributed by atoms with Crippen LogP contribution in [0.5, 0.6) is 0 Å². The van der Waals surface area contributed by atoms with Gasteiger partial charge in [0, 0.05) is 18.4 Å². The molecule has 1 aliphatic rings. The molecule has 0 fully saturated rings. The van der Waals surface area contributed by atoms with Gasteiger partial charge in [-0.2, -0.15) is 0 Å². The van der Waals surface area contributed by atoms with Gasteiger partial charge >= 0.3 is 0 Å². The highest BCUT2D eigenvalue weighted by molar-refractivity contribution is 5.29. The van der Waals surface area contributed by atoms with Gasteiger partial charge in [0.2, 0.25) is 0 Å². The van der Waals surface area contributed by atoms with Crippen molar-refractivity contribution >= 4 is 0 Å². The molecule has 0 amide bonds. The number of imidazole rings is 1. The van der Waals surface area contributed by atoms with Gasteiger partial charge in [-0.05, 0) is 26.2 Å². The first-order valence-electron chi connectivity index (χ1n) is 17.1. The van der Waals surface area contributed by atoms with Gasteiger partial charge in [-0.3, -0.25) is 0 Å². The summed E-state index contributed by atoms with van der Waals surface area (Å²) in [6, 6.07) is 0.538. The predicted molar refractivity (Wildman–Crippen MR) is 169 cm³/mol. The molecule has 0 saturated heterocycles. The largest absolute Gasteiger partial charge is 0.331 e. The maximum atomic E-state index is 4.97. The van der Waals surface area contributed by atoms with E-state index >= 15 is 0 Å². The second kappa shape index (κ2) is 21.5. The molecule has 0 N–H and O–H groups in total. The highest BCUT2D eigenvalue weighted by atomic mass is 15.1. The lowest BCUT2D eigenvalue weighted by molar-refractivity contribution is 0.380. The molecule has 0 radical (unpaired) electrons. The molecule has 38 heavy (non-hydrogen) atoms. The van der Waals surface area contributed by atoms with E-state index in [1.807, 2.05) is 0 Å². The zero-order valence-electron chi connectivity index (χ0n) is 25.9. The van der Waals surface area contributed by atoms with Gasteiger partial charge in [0.1, 0.15) is 5.82 Å². The van der Waals surface area contributed by atoms with Crippen LogP contribution in [0.25, 0.3) is 0 Å². The molecule has 1 aromatic heterocycles. The lowest BCUT2D eigenvalue weighted by Crippen LogP contribution is -2.29. The third kappa shape index (κ3) is 13.2. The van der Waals surface area contributed by atoms with E-state index in [-0.39, 0.29) is 5.41 Å². The van der Waals surface area contributed by atoms with Crippen molar-refractivity contribution in [3.63, 3.8) is 0 Å². The molecule has 0 aliphatic heterocycles. The fourth-order valence-corrected chi connectivity index (χ4v) is 6.35. The molecule has 2 rings (SSSR count). The van der Waals surface area contributed by atoms with E-state index in [9.17, 15) is 0 Å². The van der Waals surface area contributed by atoms with E-state index in [1.54, 1.807) is 0 Å². The van der Waals surface area contributed by atoms with Gasteiger partial charge < -0.3 is 4.57 Å². The van der Waals surface area contributed by atoms with E-state index in [4.69, 9.17) is 4.98 Å². The number of unbranched alkanes of at least 4 members (excludes halogenated alkanes) is 19. The molecule has 0 saturated carbocycles. The molecule has 0 bridgehead atoms. The maximum absolute atomic E-state index is 4.97. The van der Waals surface area contributed by atoms with E-state index in [0.717, 1.165) is 6.42 Å². The first-order chi connectivity index (χ1) is 18.7. The Morgan fingerprint density at radius 2 is 1.18 bits per heavy atom. The highest BCUT2D eigenvalue weighted by Gasteiger charge is 2.34. The summed E-state index contributed by atoms with van der Waals surface area (Å²) < 4.78 is 2.52. The monoisotopic (exact) mass is 525 g/mol. The minimum atomic E-state index is 0.0871. The number of aromatic nitrogens is 2. The minimum absolute atomic E-state index is 0.0871. The van der Waals surface area contributed by atoms with Crippen LogP contribution >= 0.6 is 0 Å². The van der Waals surface area contributed by atoms with Crippen LogP contribution in [0.3, 0.4) is 0 Å². The SMILES string of the molecule is CCCCCCCCCCCCCCCCC1(c2nccn2C(C)CCCCCCCCC)C=CC=CC1. The average Bonchev–Trinajstić information content (AvgIpc) is 3.44. The molecular weight excluding hydrogens is 460 g/mol. The summed E-state index contributed by atoms with van der Waals surface area (Å²) in [5.41, 5.74) is 0.0871. The van der Waals surface area contributed by atoms with E-state index in [1.165, 1.54) is 154 Å². The summed E-state index contributed by atoms with van der Waals surface area (Å²) in [6.45, 7) is 7.01. The van der Waals surface area contributed by atoms with Gasteiger partial charge in [-0.15, -0.1) is 0 Å². The molecule has 1 heterocycles. The fourth-order valence-electron chi connectivity index (χ4n) is 6.35. The smallest absolute Gasteiger partial charge is 0.119 e. The Bertz CT molecular complexity index is 729. The standard InChI is InChI=1S/C36H64N2/c1-4-6-8-10-12-13-14-15-16-17-18-20-22-25-29-36(30-26-23-27-31-36)35-37-32-33-38(35)34(3)28-24-21-19-11-9-7-5-2/h23,26-27,30,32-34H,4-22,24-25,28-29,31H2,1-3H3. The lowest BCUT2D eigenvalue weighted by Gasteiger charge is -2.33. The summed E-state index contributed by atoms with van der Waals surface area (Å²) in [6.07, 6.45) is 46.8. The van der Waals surface area contributed by atoms with Crippen molar-refractivity contribution in [1.29, 1.82) is 0 Å². The molecule has 2 unspecified atom stereocenters. The van der Waals surface area contributed by atoms with Crippen molar-refractivity contribution < 1.29 is 0 Å². The molecular formula is C36H64N2. The van der Waals surface area contributed by atoms with Crippen LogP contribution in [-0.4, -0.2) is 9.55 Å². The Hall–Kier alpha value is -1.31. The fraction of sp³-hybridized carbons (Fsp3) is 0.806. The second-order valence-corrected chi connectivity index (χ2v) is 12.4. The summed E-state index contributed by atoms with van der Waals surface area (Å²) in [4.78, 5) is 4.97. The molecule has 2 atom stereocenters. The zero-order chi connectivity index (χ0) is 27.2. The molecule has 0 spiro atoms. The van der Waals surface area contributed by atoms with Gasteiger partial charge in [0.05, 0.1) is 5.41 Å². The molecule has 2 heteroatoms. The van der Waals surface area contributed by atoms with Gasteiger partial charge in [-0.25, -0.2) is 4.98 Å². The van der Waals surface area contributed by atoms with Crippen molar-refractivity contribution in [2.24, 2.45) is 0 Å². The van der Waals surface area contributed by atoms with Crippen LogP contribution in [-0.2, 0) is 5.41 Å². The summed E-state index contributed by atoms with van der Waals surface area (Å²) in [5, 5.41) is 0. The molecule has 0 aromatic carbocycles. The van der Waals surface area contributed by atoms with Gasteiger partial charge in [0.25, 0.3) is 0 Å². The summed E-state index contributed by atoms with van der Waals surface area (Å²) in [5.74, 6) is 1.31. The first kappa shape index (κ1) is 32.9. The van der Waals surface area contributed by atoms with Crippen molar-refractivity contribution in [2.75, 3.05) is 0 Å². The maximum Gasteiger partial charge on any atom is 0.119 e. The number of rotatable bonds is 25. The Balaban J connectivity index is 1.67. The predicted octanol–water partition coefficient (Wildman–Crippen LogP) is 12.2. The third-order valence-corrected chi connectivity index (χ3v) is 8.94. The van der Waals surface area contributed by atoms with Crippen LogP contribution in [0.1, 0.15) is 187 Å². The van der Waals surface area contributed by atoms with Crippen LogP contribution in [0.4, 0.5) is 0 Å². The number of hydrogen-bond acceptors (Lipinski definition) is 1. The lowest BCUT2D eigenvalue weighted by atomic mass is 9.76. The number of nitrogens with zero attached hydrogens (tertiary/aromatic N) is 2. The molecule has 1 aromatic rings. The minimum Gasteiger partial charge on any atom is -0.331 e. The van der Waals surface area contributed by atoms with E-state index in [2.05, 4.69) is 62.0 Å². The normalized spacial score (nSPS) is 17.9. The number of allylic oxidation sites excluding steroid dienone is 4. The van der Waals surface area contributed by atoms with Crippen LogP contribution in [0.2, 0.25) is 0 Å². The van der Waals surface area contributed by atoms with E-state index < -0.39 is 0 Å². The van der Waals surface area contributed by atoms with Crippen molar-refractivity contribution in [1.82, 2.24) is 9.55 Å². The zero-order valence-corrected chi connectivity index (χ0v) is 25.9. The molecule has 218 valence electrons.